The zero-order chi connectivity index (χ0) is 18.2. The van der Waals surface area contributed by atoms with E-state index in [-0.39, 0.29) is 29.7 Å². The average molecular weight is 496 g/mol. The van der Waals surface area contributed by atoms with Crippen molar-refractivity contribution < 1.29 is 13.5 Å². The zero-order valence-electron chi connectivity index (χ0n) is 14.9. The van der Waals surface area contributed by atoms with Crippen LogP contribution in [0, 0.1) is 13.8 Å². The molecular weight excluding hydrogens is 473 g/mol. The molecular formula is C17H23F2IN4OS. The van der Waals surface area contributed by atoms with Gasteiger partial charge in [0.15, 0.2) is 5.96 Å². The highest BCUT2D eigenvalue weighted by molar-refractivity contribution is 14.0. The fraction of sp³-hybridized carbons (Fsp3) is 0.412. The van der Waals surface area contributed by atoms with Gasteiger partial charge in [-0.25, -0.2) is 4.98 Å². The van der Waals surface area contributed by atoms with Crippen LogP contribution in [0.15, 0.2) is 29.3 Å². The molecule has 2 aromatic rings. The van der Waals surface area contributed by atoms with Gasteiger partial charge in [-0.3, -0.25) is 4.99 Å². The van der Waals surface area contributed by atoms with Gasteiger partial charge in [0.05, 0.1) is 10.7 Å². The maximum atomic E-state index is 12.4. The predicted molar refractivity (Wildman–Crippen MR) is 112 cm³/mol. The number of aliphatic imine (C=N–C) groups is 1. The minimum atomic E-state index is -2.84. The van der Waals surface area contributed by atoms with Crippen molar-refractivity contribution in [3.05, 3.63) is 45.4 Å². The molecule has 0 spiro atoms. The van der Waals surface area contributed by atoms with Crippen molar-refractivity contribution in [2.45, 2.75) is 33.4 Å². The third-order valence-corrected chi connectivity index (χ3v) is 4.70. The molecule has 26 heavy (non-hydrogen) atoms. The second-order valence-corrected chi connectivity index (χ2v) is 6.63. The van der Waals surface area contributed by atoms with Crippen molar-refractivity contribution in [2.24, 2.45) is 4.99 Å². The Labute approximate surface area is 173 Å². The van der Waals surface area contributed by atoms with Crippen LogP contribution in [0.4, 0.5) is 8.78 Å². The maximum Gasteiger partial charge on any atom is 0.387 e. The van der Waals surface area contributed by atoms with Crippen LogP contribution in [-0.2, 0) is 13.0 Å². The predicted octanol–water partition coefficient (Wildman–Crippen LogP) is 3.89. The molecule has 0 aliphatic heterocycles. The molecule has 1 aromatic heterocycles. The van der Waals surface area contributed by atoms with E-state index in [9.17, 15) is 8.78 Å². The van der Waals surface area contributed by atoms with Crippen LogP contribution in [0.2, 0.25) is 0 Å². The van der Waals surface area contributed by atoms with Crippen LogP contribution < -0.4 is 15.4 Å². The van der Waals surface area contributed by atoms with Crippen molar-refractivity contribution in [3.63, 3.8) is 0 Å². The highest BCUT2D eigenvalue weighted by Gasteiger charge is 2.09. The number of hydrogen-bond acceptors (Lipinski definition) is 4. The van der Waals surface area contributed by atoms with Crippen LogP contribution in [-0.4, -0.2) is 31.1 Å². The lowest BCUT2D eigenvalue weighted by Gasteiger charge is -2.14. The topological polar surface area (TPSA) is 58.5 Å². The minimum absolute atomic E-state index is 0. The standard InChI is InChI=1S/C17H22F2N4OS.HI/c1-11-12(2)25-15(23-11)8-9-21-17(20-3)22-10-13-6-4-5-7-14(13)24-16(18)19;/h4-7,16H,8-10H2,1-3H3,(H2,20,21,22);1H. The second kappa shape index (κ2) is 11.3. The number of nitrogens with zero attached hydrogens (tertiary/aromatic N) is 2. The number of alkyl halides is 2. The molecule has 0 bridgehead atoms. The molecule has 0 atom stereocenters. The largest absolute Gasteiger partial charge is 0.434 e. The average Bonchev–Trinajstić information content (AvgIpc) is 2.89. The van der Waals surface area contributed by atoms with Crippen LogP contribution in [0.5, 0.6) is 5.75 Å². The molecule has 1 aromatic carbocycles. The Hall–Kier alpha value is -1.49. The first-order chi connectivity index (χ1) is 12.0. The molecule has 0 aliphatic rings. The Morgan fingerprint density at radius 1 is 1.27 bits per heavy atom. The van der Waals surface area contributed by atoms with E-state index in [4.69, 9.17) is 0 Å². The van der Waals surface area contributed by atoms with Crippen LogP contribution >= 0.6 is 35.3 Å². The van der Waals surface area contributed by atoms with Crippen LogP contribution in [0.25, 0.3) is 0 Å². The summed E-state index contributed by atoms with van der Waals surface area (Å²) in [7, 11) is 1.66. The van der Waals surface area contributed by atoms with Crippen molar-refractivity contribution in [1.82, 2.24) is 15.6 Å². The number of hydrogen-bond donors (Lipinski definition) is 2. The summed E-state index contributed by atoms with van der Waals surface area (Å²) in [5.41, 5.74) is 1.70. The van der Waals surface area contributed by atoms with Gasteiger partial charge in [0, 0.05) is 37.0 Å². The fourth-order valence-corrected chi connectivity index (χ4v) is 3.13. The van der Waals surface area contributed by atoms with Gasteiger partial charge in [0.2, 0.25) is 0 Å². The second-order valence-electron chi connectivity index (χ2n) is 5.34. The third kappa shape index (κ3) is 7.02. The zero-order valence-corrected chi connectivity index (χ0v) is 18.0. The molecule has 9 heteroatoms. The number of halogens is 3. The van der Waals surface area contributed by atoms with E-state index in [1.165, 1.54) is 10.9 Å². The summed E-state index contributed by atoms with van der Waals surface area (Å²) < 4.78 is 29.4. The molecule has 0 unspecified atom stereocenters. The van der Waals surface area contributed by atoms with Crippen molar-refractivity contribution in [1.29, 1.82) is 0 Å². The Morgan fingerprint density at radius 2 is 2.00 bits per heavy atom. The molecule has 0 saturated heterocycles. The van der Waals surface area contributed by atoms with E-state index in [2.05, 4.69) is 32.3 Å². The lowest BCUT2D eigenvalue weighted by molar-refractivity contribution is -0.0504. The van der Waals surface area contributed by atoms with E-state index in [0.717, 1.165) is 17.1 Å². The van der Waals surface area contributed by atoms with Gasteiger partial charge >= 0.3 is 6.61 Å². The Bertz CT molecular complexity index is 705. The first kappa shape index (κ1) is 22.6. The Balaban J connectivity index is 0.00000338. The third-order valence-electron chi connectivity index (χ3n) is 3.56. The van der Waals surface area contributed by atoms with Crippen molar-refractivity contribution >= 4 is 41.3 Å². The van der Waals surface area contributed by atoms with Gasteiger partial charge in [-0.15, -0.1) is 35.3 Å². The van der Waals surface area contributed by atoms with E-state index in [1.54, 1.807) is 36.6 Å². The molecule has 144 valence electrons. The maximum absolute atomic E-state index is 12.4. The lowest BCUT2D eigenvalue weighted by Crippen LogP contribution is -2.37. The van der Waals surface area contributed by atoms with Gasteiger partial charge in [-0.2, -0.15) is 8.78 Å². The van der Waals surface area contributed by atoms with Crippen LogP contribution in [0.1, 0.15) is 21.1 Å². The number of ether oxygens (including phenoxy) is 1. The number of aryl methyl sites for hydroxylation is 2. The number of guanidine groups is 1. The first-order valence-electron chi connectivity index (χ1n) is 7.89. The van der Waals surface area contributed by atoms with E-state index in [1.807, 2.05) is 6.92 Å². The molecule has 0 amide bonds. The van der Waals surface area contributed by atoms with Crippen molar-refractivity contribution in [2.75, 3.05) is 13.6 Å². The summed E-state index contributed by atoms with van der Waals surface area (Å²) in [4.78, 5) is 9.86. The Kier molecular flexibility index (Phi) is 9.78. The molecule has 0 fully saturated rings. The quantitative estimate of drug-likeness (QED) is 0.347. The minimum Gasteiger partial charge on any atom is -0.434 e. The van der Waals surface area contributed by atoms with Gasteiger partial charge in [-0.05, 0) is 19.9 Å². The summed E-state index contributed by atoms with van der Waals surface area (Å²) in [6.45, 7) is 2.23. The lowest BCUT2D eigenvalue weighted by atomic mass is 10.2. The van der Waals surface area contributed by atoms with Gasteiger partial charge < -0.3 is 15.4 Å². The molecule has 0 aliphatic carbocycles. The number of benzene rings is 1. The molecule has 0 saturated carbocycles. The molecule has 5 nitrogen and oxygen atoms in total. The smallest absolute Gasteiger partial charge is 0.387 e. The van der Waals surface area contributed by atoms with E-state index < -0.39 is 6.61 Å². The molecule has 0 radical (unpaired) electrons. The summed E-state index contributed by atoms with van der Waals surface area (Å²) in [6.07, 6.45) is 0.797. The monoisotopic (exact) mass is 496 g/mol. The first-order valence-corrected chi connectivity index (χ1v) is 8.71. The van der Waals surface area contributed by atoms with Crippen molar-refractivity contribution in [3.8, 4) is 5.75 Å². The summed E-state index contributed by atoms with van der Waals surface area (Å²) in [6, 6.07) is 6.69. The number of aromatic nitrogens is 1. The summed E-state index contributed by atoms with van der Waals surface area (Å²) >= 11 is 1.69. The summed E-state index contributed by atoms with van der Waals surface area (Å²) in [5, 5.41) is 7.37. The molecule has 1 heterocycles. The number of para-hydroxylation sites is 1. The Morgan fingerprint density at radius 3 is 2.62 bits per heavy atom. The van der Waals surface area contributed by atoms with Gasteiger partial charge in [0.1, 0.15) is 5.75 Å². The van der Waals surface area contributed by atoms with Gasteiger partial charge in [0.25, 0.3) is 0 Å². The van der Waals surface area contributed by atoms with Gasteiger partial charge in [-0.1, -0.05) is 18.2 Å². The number of rotatable bonds is 7. The number of nitrogens with one attached hydrogen (secondary N) is 2. The fourth-order valence-electron chi connectivity index (χ4n) is 2.19. The highest BCUT2D eigenvalue weighted by Crippen LogP contribution is 2.20. The number of thiazole rings is 1. The van der Waals surface area contributed by atoms with E-state index in [0.29, 0.717) is 24.6 Å². The SMILES string of the molecule is CN=C(NCCc1nc(C)c(C)s1)NCc1ccccc1OC(F)F.I. The molecule has 2 rings (SSSR count). The summed E-state index contributed by atoms with van der Waals surface area (Å²) in [5.74, 6) is 0.756. The van der Waals surface area contributed by atoms with E-state index >= 15 is 0 Å². The highest BCUT2D eigenvalue weighted by atomic mass is 127. The molecule has 2 N–H and O–H groups in total. The normalized spacial score (nSPS) is 11.2. The van der Waals surface area contributed by atoms with Crippen LogP contribution in [0.3, 0.4) is 0 Å².